The van der Waals surface area contributed by atoms with Gasteiger partial charge in [0.1, 0.15) is 0 Å². The fourth-order valence-electron chi connectivity index (χ4n) is 7.01. The molecule has 0 amide bonds. The van der Waals surface area contributed by atoms with Crippen LogP contribution in [0.25, 0.3) is 0 Å². The van der Waals surface area contributed by atoms with Crippen LogP contribution in [0.3, 0.4) is 0 Å². The number of esters is 1. The summed E-state index contributed by atoms with van der Waals surface area (Å²) >= 11 is 0. The lowest BCUT2D eigenvalue weighted by molar-refractivity contribution is -0.193. The summed E-state index contributed by atoms with van der Waals surface area (Å²) in [6.07, 6.45) is 22.9. The van der Waals surface area contributed by atoms with E-state index in [0.717, 1.165) is 71.0 Å². The van der Waals surface area contributed by atoms with Gasteiger partial charge in [-0.2, -0.15) is 0 Å². The minimum Gasteiger partial charge on any atom is -0.469 e. The van der Waals surface area contributed by atoms with E-state index < -0.39 is 6.10 Å². The predicted molar refractivity (Wildman–Crippen MR) is 154 cm³/mol. The number of ether oxygens (including phenoxy) is 5. The van der Waals surface area contributed by atoms with E-state index in [9.17, 15) is 9.90 Å². The first-order chi connectivity index (χ1) is 19.5. The van der Waals surface area contributed by atoms with Crippen molar-refractivity contribution in [3.8, 4) is 0 Å². The van der Waals surface area contributed by atoms with Crippen LogP contribution in [0.1, 0.15) is 103 Å². The van der Waals surface area contributed by atoms with E-state index in [1.54, 1.807) is 0 Å². The highest BCUT2D eigenvalue weighted by atomic mass is 16.7. The predicted octanol–water partition coefficient (Wildman–Crippen LogP) is 6.48. The van der Waals surface area contributed by atoms with Crippen LogP contribution in [0.15, 0.2) is 24.3 Å². The van der Waals surface area contributed by atoms with E-state index in [0.29, 0.717) is 24.7 Å². The summed E-state index contributed by atoms with van der Waals surface area (Å²) in [4.78, 5) is 11.4. The second-order valence-electron chi connectivity index (χ2n) is 12.4. The van der Waals surface area contributed by atoms with Crippen molar-refractivity contribution in [1.82, 2.24) is 0 Å². The molecule has 4 fully saturated rings. The van der Waals surface area contributed by atoms with Gasteiger partial charge in [0.15, 0.2) is 12.6 Å². The quantitative estimate of drug-likeness (QED) is 0.147. The molecule has 0 bridgehead atoms. The third-order valence-corrected chi connectivity index (χ3v) is 9.54. The van der Waals surface area contributed by atoms with Crippen LogP contribution in [0.4, 0.5) is 0 Å². The smallest absolute Gasteiger partial charge is 0.305 e. The number of aliphatic hydroxyl groups is 1. The Bertz CT molecular complexity index is 780. The Balaban J connectivity index is 1.45. The minimum atomic E-state index is -0.434. The first-order valence-electron chi connectivity index (χ1n) is 16.2. The van der Waals surface area contributed by atoms with E-state index in [1.807, 2.05) is 0 Å². The molecular weight excluding hydrogens is 508 g/mol. The molecule has 2 saturated carbocycles. The lowest BCUT2D eigenvalue weighted by atomic mass is 9.85. The zero-order chi connectivity index (χ0) is 28.2. The third kappa shape index (κ3) is 9.65. The van der Waals surface area contributed by atoms with Crippen molar-refractivity contribution in [3.63, 3.8) is 0 Å². The summed E-state index contributed by atoms with van der Waals surface area (Å²) < 4.78 is 29.8. The molecule has 4 rings (SSSR count). The third-order valence-electron chi connectivity index (χ3n) is 9.54. The van der Waals surface area contributed by atoms with Gasteiger partial charge in [-0.25, -0.2) is 0 Å². The van der Waals surface area contributed by atoms with Crippen LogP contribution in [0.2, 0.25) is 0 Å². The molecule has 2 aliphatic carbocycles. The summed E-state index contributed by atoms with van der Waals surface area (Å²) in [5, 5.41) is 11.2. The molecule has 7 heteroatoms. The van der Waals surface area contributed by atoms with Crippen molar-refractivity contribution < 1.29 is 33.6 Å². The largest absolute Gasteiger partial charge is 0.469 e. The van der Waals surface area contributed by atoms with E-state index in [1.165, 1.54) is 32.8 Å². The Kier molecular flexibility index (Phi) is 13.5. The molecule has 0 aromatic heterocycles. The average molecular weight is 563 g/mol. The summed E-state index contributed by atoms with van der Waals surface area (Å²) in [7, 11) is 1.43. The number of methoxy groups -OCH3 is 1. The topological polar surface area (TPSA) is 83.5 Å². The number of hydrogen-bond acceptors (Lipinski definition) is 7. The lowest BCUT2D eigenvalue weighted by Crippen LogP contribution is -2.34. The first-order valence-corrected chi connectivity index (χ1v) is 16.2. The van der Waals surface area contributed by atoms with Crippen LogP contribution in [-0.4, -0.2) is 62.3 Å². The Labute approximate surface area is 242 Å². The molecule has 2 heterocycles. The van der Waals surface area contributed by atoms with Gasteiger partial charge in [-0.15, -0.1) is 0 Å². The number of unbranched alkanes of at least 4 members (excludes halogenated alkanes) is 1. The van der Waals surface area contributed by atoms with Crippen LogP contribution >= 0.6 is 0 Å². The fraction of sp³-hybridized carbons (Fsp3) is 0.848. The van der Waals surface area contributed by atoms with Crippen LogP contribution in [-0.2, 0) is 28.5 Å². The van der Waals surface area contributed by atoms with Crippen molar-refractivity contribution in [2.45, 2.75) is 134 Å². The van der Waals surface area contributed by atoms with Gasteiger partial charge < -0.3 is 28.8 Å². The molecule has 0 spiro atoms. The lowest BCUT2D eigenvalue weighted by Gasteiger charge is -2.33. The highest BCUT2D eigenvalue weighted by molar-refractivity contribution is 5.69. The number of allylic oxidation sites excluding steroid dienone is 2. The minimum absolute atomic E-state index is 0.00922. The molecule has 2 aliphatic heterocycles. The summed E-state index contributed by atoms with van der Waals surface area (Å²) in [5.74, 6) is 1.07. The maximum atomic E-state index is 11.4. The average Bonchev–Trinajstić information content (AvgIpc) is 3.62. The highest BCUT2D eigenvalue weighted by Crippen LogP contribution is 2.41. The maximum Gasteiger partial charge on any atom is 0.305 e. The van der Waals surface area contributed by atoms with Crippen LogP contribution < -0.4 is 0 Å². The molecule has 8 atom stereocenters. The van der Waals surface area contributed by atoms with Gasteiger partial charge in [-0.1, -0.05) is 56.9 Å². The van der Waals surface area contributed by atoms with Crippen molar-refractivity contribution >= 4 is 5.97 Å². The van der Waals surface area contributed by atoms with E-state index in [4.69, 9.17) is 23.7 Å². The molecule has 4 aliphatic rings. The number of hydrogen-bond donors (Lipinski definition) is 1. The normalized spacial score (nSPS) is 33.6. The summed E-state index contributed by atoms with van der Waals surface area (Å²) in [5.41, 5.74) is 0. The van der Waals surface area contributed by atoms with E-state index in [2.05, 4.69) is 31.2 Å². The zero-order valence-electron chi connectivity index (χ0n) is 24.9. The molecule has 7 nitrogen and oxygen atoms in total. The summed E-state index contributed by atoms with van der Waals surface area (Å²) in [6.45, 7) is 3.86. The van der Waals surface area contributed by atoms with Gasteiger partial charge >= 0.3 is 5.97 Å². The Morgan fingerprint density at radius 1 is 0.975 bits per heavy atom. The monoisotopic (exact) mass is 562 g/mol. The first kappa shape index (κ1) is 31.7. The van der Waals surface area contributed by atoms with Crippen molar-refractivity contribution in [3.05, 3.63) is 24.3 Å². The van der Waals surface area contributed by atoms with Gasteiger partial charge in [-0.05, 0) is 75.5 Å². The van der Waals surface area contributed by atoms with Crippen LogP contribution in [0, 0.1) is 23.7 Å². The van der Waals surface area contributed by atoms with Crippen molar-refractivity contribution in [1.29, 1.82) is 0 Å². The molecule has 0 aromatic rings. The second-order valence-corrected chi connectivity index (χ2v) is 12.4. The molecule has 0 radical (unpaired) electrons. The van der Waals surface area contributed by atoms with Gasteiger partial charge in [0.2, 0.25) is 0 Å². The van der Waals surface area contributed by atoms with E-state index in [-0.39, 0.29) is 42.6 Å². The molecule has 1 N–H and O–H groups in total. The number of carbonyl (C=O) groups excluding carboxylic acids is 1. The highest BCUT2D eigenvalue weighted by Gasteiger charge is 2.43. The fourth-order valence-corrected chi connectivity index (χ4v) is 7.01. The maximum absolute atomic E-state index is 11.4. The molecule has 2 saturated heterocycles. The standard InChI is InChI=1S/C33H54O7/c1-24(25-13-7-8-14-25)29(39-32-17-9-11-21-37-32)20-19-27-26(15-5-3-4-6-16-31(35)36-2)28(34)23-30(27)40-33-18-10-12-22-38-33/h3,5,19-20,24-30,32-34H,4,6-18,21-23H2,1-2H3/t24?,26-,27-,28+,29?,30-,32?,33?/m1/s1. The van der Waals surface area contributed by atoms with Gasteiger partial charge in [0.05, 0.1) is 25.4 Å². The number of rotatable bonds is 14. The molecular formula is C33H54O7. The molecule has 228 valence electrons. The summed E-state index contributed by atoms with van der Waals surface area (Å²) in [6, 6.07) is 0. The second kappa shape index (κ2) is 17.0. The number of carbonyl (C=O) groups is 1. The Morgan fingerprint density at radius 3 is 2.35 bits per heavy atom. The Morgan fingerprint density at radius 2 is 1.68 bits per heavy atom. The van der Waals surface area contributed by atoms with E-state index >= 15 is 0 Å². The number of aliphatic hydroxyl groups excluding tert-OH is 1. The van der Waals surface area contributed by atoms with Gasteiger partial charge in [-0.3, -0.25) is 4.79 Å². The van der Waals surface area contributed by atoms with Crippen molar-refractivity contribution in [2.24, 2.45) is 23.7 Å². The Hall–Kier alpha value is -1.25. The van der Waals surface area contributed by atoms with Gasteiger partial charge in [0, 0.05) is 32.0 Å². The molecule has 4 unspecified atom stereocenters. The van der Waals surface area contributed by atoms with Gasteiger partial charge in [0.25, 0.3) is 0 Å². The van der Waals surface area contributed by atoms with Crippen LogP contribution in [0.5, 0.6) is 0 Å². The molecule has 40 heavy (non-hydrogen) atoms. The SMILES string of the molecule is COC(=O)CCCC=CC[C@@H]1[C@@H](C=CC(OC2CCCCO2)C(C)C2CCCC2)[C@H](OC2CCCCO2)C[C@@H]1O. The molecule has 0 aromatic carbocycles. The zero-order valence-corrected chi connectivity index (χ0v) is 24.9. The van der Waals surface area contributed by atoms with Crippen molar-refractivity contribution in [2.75, 3.05) is 20.3 Å².